The second kappa shape index (κ2) is 6.16. The molecule has 1 amide bonds. The molecule has 0 aliphatic carbocycles. The second-order valence-electron chi connectivity index (χ2n) is 4.51. The number of aromatic nitrogens is 1. The molecule has 1 atom stereocenters. The van der Waals surface area contributed by atoms with Crippen LogP contribution in [0.3, 0.4) is 0 Å². The highest BCUT2D eigenvalue weighted by atomic mass is 35.5. The molecule has 18 heavy (non-hydrogen) atoms. The maximum Gasteiger partial charge on any atom is 0.272 e. The Balaban J connectivity index is 2.15. The Labute approximate surface area is 112 Å². The zero-order valence-corrected chi connectivity index (χ0v) is 10.9. The summed E-state index contributed by atoms with van der Waals surface area (Å²) in [7, 11) is 0. The lowest BCUT2D eigenvalue weighted by molar-refractivity contribution is 0.0568. The molecule has 1 saturated heterocycles. The smallest absolute Gasteiger partial charge is 0.272 e. The Morgan fingerprint density at radius 2 is 2.33 bits per heavy atom. The van der Waals surface area contributed by atoms with Gasteiger partial charge in [-0.05, 0) is 37.8 Å². The third-order valence-electron chi connectivity index (χ3n) is 3.28. The largest absolute Gasteiger partial charge is 0.396 e. The van der Waals surface area contributed by atoms with Crippen molar-refractivity contribution < 1.29 is 9.90 Å². The van der Waals surface area contributed by atoms with E-state index in [9.17, 15) is 4.79 Å². The first-order valence-corrected chi connectivity index (χ1v) is 6.64. The summed E-state index contributed by atoms with van der Waals surface area (Å²) in [4.78, 5) is 18.2. The third-order valence-corrected chi connectivity index (χ3v) is 3.50. The molecule has 1 aliphatic rings. The molecule has 1 aliphatic heterocycles. The summed E-state index contributed by atoms with van der Waals surface area (Å²) in [5, 5.41) is 9.39. The standard InChI is InChI=1S/C13H17ClN2O2/c14-12-6-3-5-11(15-12)13(18)16-8-2-1-4-10(16)7-9-17/h3,5-6,10,17H,1-2,4,7-9H2. The molecular formula is C13H17ClN2O2. The number of amides is 1. The van der Waals surface area contributed by atoms with Crippen LogP contribution in [0.25, 0.3) is 0 Å². The van der Waals surface area contributed by atoms with E-state index >= 15 is 0 Å². The van der Waals surface area contributed by atoms with Crippen molar-refractivity contribution in [2.45, 2.75) is 31.7 Å². The summed E-state index contributed by atoms with van der Waals surface area (Å²) >= 11 is 5.80. The van der Waals surface area contributed by atoms with Gasteiger partial charge in [0, 0.05) is 19.2 Å². The Bertz CT molecular complexity index is 423. The molecule has 98 valence electrons. The number of likely N-dealkylation sites (tertiary alicyclic amines) is 1. The van der Waals surface area contributed by atoms with Gasteiger partial charge in [-0.25, -0.2) is 4.98 Å². The first kappa shape index (κ1) is 13.3. The van der Waals surface area contributed by atoms with Crippen molar-refractivity contribution in [2.75, 3.05) is 13.2 Å². The van der Waals surface area contributed by atoms with Gasteiger partial charge in [0.25, 0.3) is 5.91 Å². The quantitative estimate of drug-likeness (QED) is 0.855. The van der Waals surface area contributed by atoms with Crippen molar-refractivity contribution in [3.63, 3.8) is 0 Å². The summed E-state index contributed by atoms with van der Waals surface area (Å²) in [5.74, 6) is -0.0874. The minimum absolute atomic E-state index is 0.0874. The van der Waals surface area contributed by atoms with Gasteiger partial charge < -0.3 is 10.0 Å². The summed E-state index contributed by atoms with van der Waals surface area (Å²) in [6.45, 7) is 0.842. The number of carbonyl (C=O) groups is 1. The monoisotopic (exact) mass is 268 g/mol. The Hall–Kier alpha value is -1.13. The number of aliphatic hydroxyl groups excluding tert-OH is 1. The molecule has 1 fully saturated rings. The lowest BCUT2D eigenvalue weighted by Crippen LogP contribution is -2.44. The van der Waals surface area contributed by atoms with Crippen molar-refractivity contribution in [3.05, 3.63) is 29.0 Å². The molecular weight excluding hydrogens is 252 g/mol. The number of halogens is 1. The summed E-state index contributed by atoms with van der Waals surface area (Å²) < 4.78 is 0. The normalized spacial score (nSPS) is 19.9. The average Bonchev–Trinajstić information content (AvgIpc) is 2.39. The fraction of sp³-hybridized carbons (Fsp3) is 0.538. The molecule has 2 heterocycles. The van der Waals surface area contributed by atoms with Crippen molar-refractivity contribution in [1.29, 1.82) is 0 Å². The first-order chi connectivity index (χ1) is 8.72. The van der Waals surface area contributed by atoms with E-state index in [1.54, 1.807) is 18.2 Å². The number of piperidine rings is 1. The number of aliphatic hydroxyl groups is 1. The number of nitrogens with zero attached hydrogens (tertiary/aromatic N) is 2. The van der Waals surface area contributed by atoms with Crippen LogP contribution in [0.4, 0.5) is 0 Å². The van der Waals surface area contributed by atoms with Crippen LogP contribution in [0.5, 0.6) is 0 Å². The Kier molecular flexibility index (Phi) is 4.55. The van der Waals surface area contributed by atoms with E-state index in [4.69, 9.17) is 16.7 Å². The molecule has 0 aromatic carbocycles. The first-order valence-electron chi connectivity index (χ1n) is 6.27. The highest BCUT2D eigenvalue weighted by Crippen LogP contribution is 2.21. The second-order valence-corrected chi connectivity index (χ2v) is 4.89. The Morgan fingerprint density at radius 1 is 1.50 bits per heavy atom. The predicted octanol–water partition coefficient (Wildman–Crippen LogP) is 2.11. The van der Waals surface area contributed by atoms with Crippen LogP contribution in [0.15, 0.2) is 18.2 Å². The molecule has 0 radical (unpaired) electrons. The molecule has 0 bridgehead atoms. The molecule has 2 rings (SSSR count). The van der Waals surface area contributed by atoms with Gasteiger partial charge in [-0.3, -0.25) is 4.79 Å². The molecule has 1 unspecified atom stereocenters. The van der Waals surface area contributed by atoms with Gasteiger partial charge in [0.1, 0.15) is 10.8 Å². The van der Waals surface area contributed by atoms with E-state index in [2.05, 4.69) is 4.98 Å². The fourth-order valence-electron chi connectivity index (χ4n) is 2.39. The summed E-state index contributed by atoms with van der Waals surface area (Å²) in [6, 6.07) is 5.18. The van der Waals surface area contributed by atoms with Crippen LogP contribution in [-0.4, -0.2) is 40.1 Å². The summed E-state index contributed by atoms with van der Waals surface area (Å²) in [6.07, 6.45) is 3.70. The van der Waals surface area contributed by atoms with Crippen LogP contribution in [0.2, 0.25) is 5.15 Å². The summed E-state index contributed by atoms with van der Waals surface area (Å²) in [5.41, 5.74) is 0.382. The SMILES string of the molecule is O=C(c1cccc(Cl)n1)N1CCCCC1CCO. The van der Waals surface area contributed by atoms with E-state index in [1.807, 2.05) is 4.90 Å². The maximum atomic E-state index is 12.4. The number of hydrogen-bond donors (Lipinski definition) is 1. The fourth-order valence-corrected chi connectivity index (χ4v) is 2.56. The number of hydrogen-bond acceptors (Lipinski definition) is 3. The van der Waals surface area contributed by atoms with Gasteiger partial charge in [-0.15, -0.1) is 0 Å². The third kappa shape index (κ3) is 3.00. The van der Waals surface area contributed by atoms with Gasteiger partial charge >= 0.3 is 0 Å². The average molecular weight is 269 g/mol. The van der Waals surface area contributed by atoms with Crippen LogP contribution in [0.1, 0.15) is 36.2 Å². The van der Waals surface area contributed by atoms with Crippen LogP contribution in [-0.2, 0) is 0 Å². The molecule has 1 aromatic rings. The zero-order valence-electron chi connectivity index (χ0n) is 10.2. The Morgan fingerprint density at radius 3 is 3.06 bits per heavy atom. The molecule has 5 heteroatoms. The van der Waals surface area contributed by atoms with E-state index < -0.39 is 0 Å². The highest BCUT2D eigenvalue weighted by Gasteiger charge is 2.27. The predicted molar refractivity (Wildman–Crippen MR) is 69.6 cm³/mol. The van der Waals surface area contributed by atoms with Crippen LogP contribution in [0, 0.1) is 0 Å². The van der Waals surface area contributed by atoms with Crippen LogP contribution < -0.4 is 0 Å². The maximum absolute atomic E-state index is 12.4. The van der Waals surface area contributed by atoms with Gasteiger partial charge in [0.05, 0.1) is 0 Å². The molecule has 4 nitrogen and oxygen atoms in total. The molecule has 0 spiro atoms. The zero-order chi connectivity index (χ0) is 13.0. The van der Waals surface area contributed by atoms with Gasteiger partial charge in [-0.1, -0.05) is 17.7 Å². The van der Waals surface area contributed by atoms with Crippen molar-refractivity contribution in [3.8, 4) is 0 Å². The van der Waals surface area contributed by atoms with E-state index in [0.29, 0.717) is 17.3 Å². The van der Waals surface area contributed by atoms with Crippen LogP contribution >= 0.6 is 11.6 Å². The van der Waals surface area contributed by atoms with Gasteiger partial charge in [0.15, 0.2) is 0 Å². The lowest BCUT2D eigenvalue weighted by Gasteiger charge is -2.35. The van der Waals surface area contributed by atoms with Crippen molar-refractivity contribution in [1.82, 2.24) is 9.88 Å². The number of rotatable bonds is 3. The van der Waals surface area contributed by atoms with E-state index in [-0.39, 0.29) is 18.6 Å². The lowest BCUT2D eigenvalue weighted by atomic mass is 9.99. The van der Waals surface area contributed by atoms with Gasteiger partial charge in [-0.2, -0.15) is 0 Å². The molecule has 1 aromatic heterocycles. The van der Waals surface area contributed by atoms with E-state index in [1.165, 1.54) is 0 Å². The number of carbonyl (C=O) groups excluding carboxylic acids is 1. The molecule has 0 saturated carbocycles. The highest BCUT2D eigenvalue weighted by molar-refractivity contribution is 6.29. The number of pyridine rings is 1. The van der Waals surface area contributed by atoms with Gasteiger partial charge in [0.2, 0.25) is 0 Å². The van der Waals surface area contributed by atoms with Crippen molar-refractivity contribution >= 4 is 17.5 Å². The van der Waals surface area contributed by atoms with E-state index in [0.717, 1.165) is 25.8 Å². The molecule has 1 N–H and O–H groups in total. The van der Waals surface area contributed by atoms with Crippen molar-refractivity contribution in [2.24, 2.45) is 0 Å². The minimum atomic E-state index is -0.0874. The topological polar surface area (TPSA) is 53.4 Å². The minimum Gasteiger partial charge on any atom is -0.396 e.